The molecule has 0 bridgehead atoms. The Morgan fingerprint density at radius 2 is 1.96 bits per heavy atom. The van der Waals surface area contributed by atoms with Crippen LogP contribution in [-0.2, 0) is 6.54 Å². The second-order valence-electron chi connectivity index (χ2n) is 6.80. The molecule has 4 nitrogen and oxygen atoms in total. The van der Waals surface area contributed by atoms with Crippen LogP contribution in [0.2, 0.25) is 0 Å². The van der Waals surface area contributed by atoms with E-state index in [2.05, 4.69) is 48.0 Å². The molecule has 0 aliphatic carbocycles. The van der Waals surface area contributed by atoms with Gasteiger partial charge >= 0.3 is 6.03 Å². The van der Waals surface area contributed by atoms with Crippen molar-refractivity contribution in [2.45, 2.75) is 53.1 Å². The van der Waals surface area contributed by atoms with Gasteiger partial charge in [0.1, 0.15) is 0 Å². The van der Waals surface area contributed by atoms with Gasteiger partial charge in [0.15, 0.2) is 0 Å². The van der Waals surface area contributed by atoms with Gasteiger partial charge in [-0.1, -0.05) is 25.5 Å². The van der Waals surface area contributed by atoms with Crippen LogP contribution in [0, 0.1) is 20.8 Å². The van der Waals surface area contributed by atoms with Crippen molar-refractivity contribution in [3.63, 3.8) is 0 Å². The Bertz CT molecular complexity index is 747. The molecule has 2 aromatic rings. The number of nitrogens with zero attached hydrogens (tertiary/aromatic N) is 2. The number of benzene rings is 1. The summed E-state index contributed by atoms with van der Waals surface area (Å²) in [5.41, 5.74) is 5.70. The Morgan fingerprint density at radius 3 is 2.71 bits per heavy atom. The van der Waals surface area contributed by atoms with Crippen LogP contribution in [0.25, 0.3) is 0 Å². The highest BCUT2D eigenvalue weighted by Crippen LogP contribution is 2.32. The van der Waals surface area contributed by atoms with Gasteiger partial charge in [0, 0.05) is 30.2 Å². The third kappa shape index (κ3) is 3.05. The Kier molecular flexibility index (Phi) is 4.65. The number of hydrogen-bond donors (Lipinski definition) is 1. The highest BCUT2D eigenvalue weighted by atomic mass is 16.2. The van der Waals surface area contributed by atoms with E-state index in [-0.39, 0.29) is 12.1 Å². The number of aryl methyl sites for hydroxylation is 3. The molecule has 1 aliphatic heterocycles. The van der Waals surface area contributed by atoms with Crippen LogP contribution in [0.4, 0.5) is 10.5 Å². The summed E-state index contributed by atoms with van der Waals surface area (Å²) in [7, 11) is 0. The van der Waals surface area contributed by atoms with Crippen molar-refractivity contribution in [3.05, 3.63) is 52.8 Å². The van der Waals surface area contributed by atoms with Crippen LogP contribution in [-0.4, -0.2) is 22.0 Å². The van der Waals surface area contributed by atoms with Crippen molar-refractivity contribution in [1.29, 1.82) is 0 Å². The smallest absolute Gasteiger partial charge is 0.322 e. The Morgan fingerprint density at radius 1 is 1.17 bits per heavy atom. The van der Waals surface area contributed by atoms with Gasteiger partial charge in [0.25, 0.3) is 0 Å². The van der Waals surface area contributed by atoms with Crippen LogP contribution < -0.4 is 5.32 Å². The molecule has 4 heteroatoms. The first-order chi connectivity index (χ1) is 11.5. The second-order valence-corrected chi connectivity index (χ2v) is 6.80. The normalized spacial score (nSPS) is 16.8. The maximum atomic E-state index is 12.9. The number of anilines is 1. The number of amides is 2. The number of fused-ring (bicyclic) bond motifs is 1. The summed E-state index contributed by atoms with van der Waals surface area (Å²) in [6, 6.07) is 10.7. The average Bonchev–Trinajstić information content (AvgIpc) is 2.93. The van der Waals surface area contributed by atoms with Crippen LogP contribution in [0.15, 0.2) is 30.3 Å². The van der Waals surface area contributed by atoms with E-state index in [4.69, 9.17) is 0 Å². The average molecular weight is 325 g/mol. The molecule has 1 N–H and O–H groups in total. The van der Waals surface area contributed by atoms with Gasteiger partial charge in [-0.2, -0.15) is 0 Å². The molecule has 3 rings (SSSR count). The number of carbonyl (C=O) groups is 1. The molecular weight excluding hydrogens is 298 g/mol. The quantitative estimate of drug-likeness (QED) is 0.864. The van der Waals surface area contributed by atoms with E-state index in [0.717, 1.165) is 42.7 Å². The van der Waals surface area contributed by atoms with Crippen LogP contribution in [0.5, 0.6) is 0 Å². The fraction of sp³-hybridized carbons (Fsp3) is 0.450. The van der Waals surface area contributed by atoms with Gasteiger partial charge in [0.05, 0.1) is 6.04 Å². The lowest BCUT2D eigenvalue weighted by Gasteiger charge is -2.37. The summed E-state index contributed by atoms with van der Waals surface area (Å²) in [6.45, 7) is 10.0. The molecule has 1 unspecified atom stereocenters. The van der Waals surface area contributed by atoms with Crippen LogP contribution in [0.3, 0.4) is 0 Å². The fourth-order valence-corrected chi connectivity index (χ4v) is 3.59. The van der Waals surface area contributed by atoms with Crippen LogP contribution in [0.1, 0.15) is 48.3 Å². The topological polar surface area (TPSA) is 37.3 Å². The van der Waals surface area contributed by atoms with E-state index < -0.39 is 0 Å². The largest absolute Gasteiger partial charge is 0.345 e. The predicted molar refractivity (Wildman–Crippen MR) is 98.5 cm³/mol. The number of aromatic nitrogens is 1. The summed E-state index contributed by atoms with van der Waals surface area (Å²) in [5.74, 6) is 0. The molecule has 2 heterocycles. The zero-order valence-electron chi connectivity index (χ0n) is 15.1. The number of rotatable bonds is 3. The van der Waals surface area contributed by atoms with Gasteiger partial charge in [-0.3, -0.25) is 0 Å². The third-order valence-corrected chi connectivity index (χ3v) is 4.97. The molecule has 128 valence electrons. The molecule has 1 aromatic heterocycles. The van der Waals surface area contributed by atoms with Crippen LogP contribution >= 0.6 is 0 Å². The molecule has 0 radical (unpaired) electrons. The lowest BCUT2D eigenvalue weighted by atomic mass is 10.0. The summed E-state index contributed by atoms with van der Waals surface area (Å²) in [5, 5.41) is 3.12. The molecular formula is C20H27N3O. The van der Waals surface area contributed by atoms with Gasteiger partial charge < -0.3 is 14.8 Å². The van der Waals surface area contributed by atoms with Crippen molar-refractivity contribution < 1.29 is 4.79 Å². The predicted octanol–water partition coefficient (Wildman–Crippen LogP) is 4.80. The molecule has 0 spiro atoms. The highest BCUT2D eigenvalue weighted by Gasteiger charge is 2.31. The summed E-state index contributed by atoms with van der Waals surface area (Å²) >= 11 is 0. The third-order valence-electron chi connectivity index (χ3n) is 4.97. The van der Waals surface area contributed by atoms with E-state index in [9.17, 15) is 4.79 Å². The van der Waals surface area contributed by atoms with E-state index in [1.165, 1.54) is 11.4 Å². The van der Waals surface area contributed by atoms with Crippen molar-refractivity contribution in [1.82, 2.24) is 9.47 Å². The minimum atomic E-state index is 0.00672. The number of urea groups is 1. The highest BCUT2D eigenvalue weighted by molar-refractivity contribution is 5.90. The lowest BCUT2D eigenvalue weighted by molar-refractivity contribution is 0.162. The standard InChI is InChI=1S/C20H27N3O/c1-5-6-18-19-10-9-16(4)22(19)11-12-23(18)20(24)21-17-13-14(2)7-8-15(17)3/h7-10,13,18H,5-6,11-12H2,1-4H3,(H,21,24). The Labute approximate surface area is 144 Å². The summed E-state index contributed by atoms with van der Waals surface area (Å²) in [6.07, 6.45) is 2.05. The molecule has 24 heavy (non-hydrogen) atoms. The van der Waals surface area contributed by atoms with Gasteiger partial charge in [-0.25, -0.2) is 4.79 Å². The number of carbonyl (C=O) groups excluding carboxylic acids is 1. The summed E-state index contributed by atoms with van der Waals surface area (Å²) < 4.78 is 2.35. The maximum Gasteiger partial charge on any atom is 0.322 e. The van der Waals surface area contributed by atoms with Gasteiger partial charge in [0.2, 0.25) is 0 Å². The van der Waals surface area contributed by atoms with Gasteiger partial charge in [-0.15, -0.1) is 0 Å². The van der Waals surface area contributed by atoms with Crippen molar-refractivity contribution in [2.24, 2.45) is 0 Å². The first-order valence-electron chi connectivity index (χ1n) is 8.82. The van der Waals surface area contributed by atoms with E-state index in [1.54, 1.807) is 0 Å². The van der Waals surface area contributed by atoms with E-state index >= 15 is 0 Å². The zero-order valence-corrected chi connectivity index (χ0v) is 15.1. The van der Waals surface area contributed by atoms with Crippen molar-refractivity contribution in [2.75, 3.05) is 11.9 Å². The number of nitrogens with one attached hydrogen (secondary N) is 1. The minimum Gasteiger partial charge on any atom is -0.345 e. The van der Waals surface area contributed by atoms with Crippen molar-refractivity contribution in [3.8, 4) is 0 Å². The van der Waals surface area contributed by atoms with E-state index in [1.807, 2.05) is 24.8 Å². The molecule has 1 atom stereocenters. The molecule has 2 amide bonds. The summed E-state index contributed by atoms with van der Waals surface area (Å²) in [4.78, 5) is 14.9. The first-order valence-corrected chi connectivity index (χ1v) is 8.82. The SMILES string of the molecule is CCCC1c2ccc(C)n2CCN1C(=O)Nc1cc(C)ccc1C. The molecule has 0 saturated heterocycles. The first kappa shape index (κ1) is 16.6. The maximum absolute atomic E-state index is 12.9. The van der Waals surface area contributed by atoms with Crippen molar-refractivity contribution >= 4 is 11.7 Å². The van der Waals surface area contributed by atoms with Gasteiger partial charge in [-0.05, 0) is 56.5 Å². The lowest BCUT2D eigenvalue weighted by Crippen LogP contribution is -2.44. The Balaban J connectivity index is 1.84. The van der Waals surface area contributed by atoms with E-state index in [0.29, 0.717) is 0 Å². The Hall–Kier alpha value is -2.23. The molecule has 0 saturated carbocycles. The fourth-order valence-electron chi connectivity index (χ4n) is 3.59. The molecule has 1 aromatic carbocycles. The molecule has 0 fully saturated rings. The second kappa shape index (κ2) is 6.71. The number of hydrogen-bond acceptors (Lipinski definition) is 1. The zero-order chi connectivity index (χ0) is 17.3. The minimum absolute atomic E-state index is 0.00672. The molecule has 1 aliphatic rings. The monoisotopic (exact) mass is 325 g/mol.